The Morgan fingerprint density at radius 1 is 1.54 bits per heavy atom. The van der Waals surface area contributed by atoms with Crippen molar-refractivity contribution in [3.8, 4) is 0 Å². The quantitative estimate of drug-likeness (QED) is 0.530. The van der Waals surface area contributed by atoms with Crippen molar-refractivity contribution in [3.63, 3.8) is 0 Å². The largest absolute Gasteiger partial charge is 0.376 e. The van der Waals surface area contributed by atoms with Crippen LogP contribution in [0.1, 0.15) is 0 Å². The summed E-state index contributed by atoms with van der Waals surface area (Å²) in [6, 6.07) is 1.23. The number of aromatic nitrogens is 1. The molecule has 1 aromatic rings. The fourth-order valence-electron chi connectivity index (χ4n) is 0.855. The van der Waals surface area contributed by atoms with Crippen LogP contribution in [0, 0.1) is 10.1 Å². The molecule has 0 spiro atoms. The minimum Gasteiger partial charge on any atom is -0.376 e. The first-order chi connectivity index (χ1) is 6.02. The van der Waals surface area contributed by atoms with Crippen LogP contribution in [0.25, 0.3) is 0 Å². The lowest BCUT2D eigenvalue weighted by atomic mass is 10.3. The van der Waals surface area contributed by atoms with Gasteiger partial charge in [-0.2, -0.15) is 0 Å². The molecule has 6 nitrogen and oxygen atoms in total. The second kappa shape index (κ2) is 3.26. The van der Waals surface area contributed by atoms with Gasteiger partial charge in [0.2, 0.25) is 0 Å². The lowest BCUT2D eigenvalue weighted by Crippen LogP contribution is -2.15. The fraction of sp³-hybridized carbons (Fsp3) is 0.286. The van der Waals surface area contributed by atoms with Gasteiger partial charge in [-0.15, -0.1) is 0 Å². The molecule has 0 aliphatic carbocycles. The van der Waals surface area contributed by atoms with Crippen LogP contribution in [0.2, 0.25) is 0 Å². The summed E-state index contributed by atoms with van der Waals surface area (Å²) in [6.07, 6.45) is 1.43. The Bertz CT molecular complexity index is 383. The summed E-state index contributed by atoms with van der Waals surface area (Å²) in [6.45, 7) is 0. The molecule has 0 amide bonds. The van der Waals surface area contributed by atoms with Crippen molar-refractivity contribution in [3.05, 3.63) is 32.7 Å². The normalized spacial score (nSPS) is 9.69. The van der Waals surface area contributed by atoms with Crippen molar-refractivity contribution in [2.75, 3.05) is 19.0 Å². The molecule has 0 radical (unpaired) electrons. The van der Waals surface area contributed by atoms with Gasteiger partial charge in [-0.25, -0.2) is 0 Å². The van der Waals surface area contributed by atoms with Crippen LogP contribution in [-0.4, -0.2) is 24.0 Å². The third kappa shape index (κ3) is 1.84. The van der Waals surface area contributed by atoms with Crippen LogP contribution in [-0.2, 0) is 0 Å². The van der Waals surface area contributed by atoms with E-state index in [1.165, 1.54) is 12.3 Å². The highest BCUT2D eigenvalue weighted by Gasteiger charge is 2.12. The Labute approximate surface area is 74.0 Å². The number of nitro groups is 1. The lowest BCUT2D eigenvalue weighted by Gasteiger charge is -2.10. The molecular weight excluding hydrogens is 174 g/mol. The summed E-state index contributed by atoms with van der Waals surface area (Å²) in [5.74, 6) is 0. The molecule has 0 saturated heterocycles. The predicted molar refractivity (Wildman–Crippen MR) is 48.0 cm³/mol. The molecule has 6 heteroatoms. The number of rotatable bonds is 2. The zero-order chi connectivity index (χ0) is 10.0. The van der Waals surface area contributed by atoms with Gasteiger partial charge in [-0.3, -0.25) is 14.9 Å². The third-order valence-electron chi connectivity index (χ3n) is 1.58. The Morgan fingerprint density at radius 2 is 2.15 bits per heavy atom. The number of nitrogens with zero attached hydrogens (tertiary/aromatic N) is 2. The number of H-pyrrole nitrogens is 1. The molecule has 0 aliphatic heterocycles. The van der Waals surface area contributed by atoms with Gasteiger partial charge in [0.1, 0.15) is 0 Å². The number of nitrogens with one attached hydrogen (secondary N) is 1. The monoisotopic (exact) mass is 183 g/mol. The second-order valence-corrected chi connectivity index (χ2v) is 2.72. The van der Waals surface area contributed by atoms with E-state index in [1.807, 2.05) is 0 Å². The summed E-state index contributed by atoms with van der Waals surface area (Å²) >= 11 is 0. The standard InChI is InChI=1S/C7H9N3O3/c1-9(2)5-3-6(10(12)13)7(11)8-4-5/h3-4H,1-2H3,(H,8,11). The summed E-state index contributed by atoms with van der Waals surface area (Å²) in [7, 11) is 3.47. The molecule has 0 unspecified atom stereocenters. The number of hydrogen-bond acceptors (Lipinski definition) is 4. The molecule has 0 fully saturated rings. The molecule has 1 heterocycles. The van der Waals surface area contributed by atoms with Gasteiger partial charge >= 0.3 is 11.2 Å². The van der Waals surface area contributed by atoms with E-state index in [2.05, 4.69) is 4.98 Å². The minimum atomic E-state index is -0.703. The van der Waals surface area contributed by atoms with E-state index >= 15 is 0 Å². The molecule has 0 atom stereocenters. The van der Waals surface area contributed by atoms with Gasteiger partial charge in [0, 0.05) is 26.4 Å². The minimum absolute atomic E-state index is 0.439. The van der Waals surface area contributed by atoms with Gasteiger partial charge in [0.15, 0.2) is 0 Å². The van der Waals surface area contributed by atoms with E-state index < -0.39 is 16.2 Å². The first-order valence-electron chi connectivity index (χ1n) is 3.57. The van der Waals surface area contributed by atoms with Crippen molar-refractivity contribution in [1.29, 1.82) is 0 Å². The Hall–Kier alpha value is -1.85. The van der Waals surface area contributed by atoms with Crippen molar-refractivity contribution < 1.29 is 4.92 Å². The molecule has 0 aliphatic rings. The number of pyridine rings is 1. The SMILES string of the molecule is CN(C)c1c[nH]c(=O)c([N+](=O)[O-])c1. The molecule has 0 aromatic carbocycles. The summed E-state index contributed by atoms with van der Waals surface area (Å²) in [5.41, 5.74) is -0.534. The van der Waals surface area contributed by atoms with Crippen LogP contribution in [0.5, 0.6) is 0 Å². The maximum absolute atomic E-state index is 10.9. The number of aromatic amines is 1. The van der Waals surface area contributed by atoms with E-state index in [4.69, 9.17) is 0 Å². The first kappa shape index (κ1) is 9.24. The van der Waals surface area contributed by atoms with E-state index in [0.717, 1.165) is 0 Å². The van der Waals surface area contributed by atoms with Crippen LogP contribution in [0.15, 0.2) is 17.1 Å². The van der Waals surface area contributed by atoms with Crippen molar-refractivity contribution >= 4 is 11.4 Å². The third-order valence-corrected chi connectivity index (χ3v) is 1.58. The zero-order valence-corrected chi connectivity index (χ0v) is 7.27. The van der Waals surface area contributed by atoms with Crippen molar-refractivity contribution in [1.82, 2.24) is 4.98 Å². The zero-order valence-electron chi connectivity index (χ0n) is 7.27. The van der Waals surface area contributed by atoms with Gasteiger partial charge in [-0.1, -0.05) is 0 Å². The first-order valence-corrected chi connectivity index (χ1v) is 3.57. The average Bonchev–Trinajstić information content (AvgIpc) is 2.04. The summed E-state index contributed by atoms with van der Waals surface area (Å²) in [4.78, 5) is 24.5. The van der Waals surface area contributed by atoms with Crippen molar-refractivity contribution in [2.24, 2.45) is 0 Å². The number of hydrogen-bond donors (Lipinski definition) is 1. The Balaban J connectivity index is 3.27. The molecule has 13 heavy (non-hydrogen) atoms. The molecule has 0 saturated carbocycles. The topological polar surface area (TPSA) is 79.2 Å². The highest BCUT2D eigenvalue weighted by atomic mass is 16.6. The van der Waals surface area contributed by atoms with E-state index in [0.29, 0.717) is 5.69 Å². The van der Waals surface area contributed by atoms with Crippen LogP contribution < -0.4 is 10.5 Å². The highest BCUT2D eigenvalue weighted by Crippen LogP contribution is 2.12. The van der Waals surface area contributed by atoms with Crippen LogP contribution in [0.3, 0.4) is 0 Å². The fourth-order valence-corrected chi connectivity index (χ4v) is 0.855. The molecular formula is C7H9N3O3. The smallest absolute Gasteiger partial charge is 0.335 e. The molecule has 0 bridgehead atoms. The molecule has 1 aromatic heterocycles. The highest BCUT2D eigenvalue weighted by molar-refractivity contribution is 5.48. The van der Waals surface area contributed by atoms with Crippen molar-refractivity contribution in [2.45, 2.75) is 0 Å². The Morgan fingerprint density at radius 3 is 2.62 bits per heavy atom. The van der Waals surface area contributed by atoms with E-state index in [-0.39, 0.29) is 0 Å². The lowest BCUT2D eigenvalue weighted by molar-refractivity contribution is -0.386. The van der Waals surface area contributed by atoms with Crippen LogP contribution >= 0.6 is 0 Å². The summed E-state index contributed by atoms with van der Waals surface area (Å²) < 4.78 is 0. The van der Waals surface area contributed by atoms with Gasteiger partial charge < -0.3 is 9.88 Å². The van der Waals surface area contributed by atoms with Gasteiger partial charge in [0.25, 0.3) is 0 Å². The maximum Gasteiger partial charge on any atom is 0.335 e. The summed E-state index contributed by atoms with van der Waals surface area (Å²) in [5, 5.41) is 10.4. The van der Waals surface area contributed by atoms with Crippen LogP contribution in [0.4, 0.5) is 11.4 Å². The second-order valence-electron chi connectivity index (χ2n) is 2.72. The van der Waals surface area contributed by atoms with E-state index in [1.54, 1.807) is 19.0 Å². The Kier molecular flexibility index (Phi) is 2.32. The average molecular weight is 183 g/mol. The van der Waals surface area contributed by atoms with E-state index in [9.17, 15) is 14.9 Å². The molecule has 1 rings (SSSR count). The predicted octanol–water partition coefficient (Wildman–Crippen LogP) is 0.349. The maximum atomic E-state index is 10.9. The number of anilines is 1. The van der Waals surface area contributed by atoms with Gasteiger partial charge in [-0.05, 0) is 0 Å². The molecule has 1 N–H and O–H groups in total. The van der Waals surface area contributed by atoms with Gasteiger partial charge in [0.05, 0.1) is 10.6 Å². The molecule has 70 valence electrons.